The Bertz CT molecular complexity index is 286. The highest BCUT2D eigenvalue weighted by molar-refractivity contribution is 5.02. The molecule has 2 saturated heterocycles. The molecule has 4 rings (SSSR count). The molecule has 4 aliphatic rings. The molecule has 0 radical (unpaired) electrons. The molecule has 102 valence electrons. The van der Waals surface area contributed by atoms with E-state index in [1.807, 2.05) is 0 Å². The highest BCUT2D eigenvalue weighted by atomic mass is 16.8. The maximum Gasteiger partial charge on any atom is 0.171 e. The van der Waals surface area contributed by atoms with Crippen LogP contribution < -0.4 is 0 Å². The molecule has 2 atom stereocenters. The highest BCUT2D eigenvalue weighted by Crippen LogP contribution is 2.55. The van der Waals surface area contributed by atoms with Crippen LogP contribution in [0.3, 0.4) is 0 Å². The van der Waals surface area contributed by atoms with Gasteiger partial charge in [-0.3, -0.25) is 0 Å². The van der Waals surface area contributed by atoms with E-state index in [0.29, 0.717) is 11.8 Å². The molecule has 4 heteroatoms. The average Bonchev–Trinajstić information content (AvgIpc) is 3.06. The van der Waals surface area contributed by atoms with Crippen molar-refractivity contribution in [2.24, 2.45) is 11.8 Å². The molecule has 2 heterocycles. The van der Waals surface area contributed by atoms with Gasteiger partial charge in [-0.15, -0.1) is 0 Å². The molecule has 2 saturated carbocycles. The minimum Gasteiger partial charge on any atom is -0.347 e. The lowest BCUT2D eigenvalue weighted by Gasteiger charge is -2.53. The van der Waals surface area contributed by atoms with Gasteiger partial charge in [0.2, 0.25) is 0 Å². The predicted molar refractivity (Wildman–Crippen MR) is 64.0 cm³/mol. The standard InChI is InChI=1S/C14H22O4/c1-2-4-12-11(3-1)13(15-7-8-16-13)5-6-14(12)17-9-10-18-14/h11-12H,1-10H2/t11-,12+. The third kappa shape index (κ3) is 1.52. The quantitative estimate of drug-likeness (QED) is 0.663. The van der Waals surface area contributed by atoms with E-state index in [9.17, 15) is 0 Å². The van der Waals surface area contributed by atoms with E-state index < -0.39 is 0 Å². The summed E-state index contributed by atoms with van der Waals surface area (Å²) in [7, 11) is 0. The summed E-state index contributed by atoms with van der Waals surface area (Å²) in [6, 6.07) is 0. The fourth-order valence-electron chi connectivity index (χ4n) is 4.56. The third-order valence-corrected chi connectivity index (χ3v) is 5.27. The van der Waals surface area contributed by atoms with Gasteiger partial charge in [-0.25, -0.2) is 0 Å². The van der Waals surface area contributed by atoms with E-state index in [0.717, 1.165) is 39.3 Å². The van der Waals surface area contributed by atoms with Crippen molar-refractivity contribution >= 4 is 0 Å². The average molecular weight is 254 g/mol. The lowest BCUT2D eigenvalue weighted by Crippen LogP contribution is -2.58. The minimum absolute atomic E-state index is 0.314. The molecule has 2 aliphatic carbocycles. The van der Waals surface area contributed by atoms with E-state index in [4.69, 9.17) is 18.9 Å². The number of hydrogen-bond donors (Lipinski definition) is 0. The largest absolute Gasteiger partial charge is 0.347 e. The fraction of sp³-hybridized carbons (Fsp3) is 1.00. The molecule has 0 aromatic rings. The molecule has 18 heavy (non-hydrogen) atoms. The Balaban J connectivity index is 1.66. The molecule has 2 spiro atoms. The van der Waals surface area contributed by atoms with Crippen molar-refractivity contribution in [2.75, 3.05) is 26.4 Å². The summed E-state index contributed by atoms with van der Waals surface area (Å²) >= 11 is 0. The number of ether oxygens (including phenoxy) is 4. The molecule has 0 unspecified atom stereocenters. The molecule has 0 aromatic carbocycles. The van der Waals surface area contributed by atoms with Crippen molar-refractivity contribution < 1.29 is 18.9 Å². The lowest BCUT2D eigenvalue weighted by atomic mass is 9.64. The Morgan fingerprint density at radius 1 is 0.611 bits per heavy atom. The van der Waals surface area contributed by atoms with Crippen LogP contribution >= 0.6 is 0 Å². The summed E-state index contributed by atoms with van der Waals surface area (Å²) in [5.74, 6) is 0.290. The fourth-order valence-corrected chi connectivity index (χ4v) is 4.56. The Morgan fingerprint density at radius 3 is 1.39 bits per heavy atom. The van der Waals surface area contributed by atoms with Crippen molar-refractivity contribution in [1.29, 1.82) is 0 Å². The van der Waals surface area contributed by atoms with E-state index in [1.54, 1.807) is 0 Å². The zero-order valence-corrected chi connectivity index (χ0v) is 10.9. The molecule has 0 N–H and O–H groups in total. The molecule has 0 aromatic heterocycles. The van der Waals surface area contributed by atoms with Gasteiger partial charge in [0.25, 0.3) is 0 Å². The second-order valence-corrected chi connectivity index (χ2v) is 6.01. The van der Waals surface area contributed by atoms with Gasteiger partial charge in [0.05, 0.1) is 26.4 Å². The van der Waals surface area contributed by atoms with Gasteiger partial charge >= 0.3 is 0 Å². The number of hydrogen-bond acceptors (Lipinski definition) is 4. The van der Waals surface area contributed by atoms with Crippen LogP contribution in [-0.4, -0.2) is 38.0 Å². The normalized spacial score (nSPS) is 41.3. The van der Waals surface area contributed by atoms with E-state index in [2.05, 4.69) is 0 Å². The van der Waals surface area contributed by atoms with Gasteiger partial charge < -0.3 is 18.9 Å². The minimum atomic E-state index is -0.314. The highest BCUT2D eigenvalue weighted by Gasteiger charge is 2.61. The molecule has 4 fully saturated rings. The summed E-state index contributed by atoms with van der Waals surface area (Å²) < 4.78 is 24.1. The summed E-state index contributed by atoms with van der Waals surface area (Å²) in [5, 5.41) is 0. The van der Waals surface area contributed by atoms with Crippen molar-refractivity contribution in [3.05, 3.63) is 0 Å². The molecule has 2 aliphatic heterocycles. The van der Waals surface area contributed by atoms with Crippen LogP contribution in [0.4, 0.5) is 0 Å². The first-order valence-electron chi connectivity index (χ1n) is 7.41. The lowest BCUT2D eigenvalue weighted by molar-refractivity contribution is -0.314. The van der Waals surface area contributed by atoms with Crippen molar-refractivity contribution in [2.45, 2.75) is 50.1 Å². The van der Waals surface area contributed by atoms with Crippen LogP contribution in [0.5, 0.6) is 0 Å². The van der Waals surface area contributed by atoms with Gasteiger partial charge in [-0.05, 0) is 12.8 Å². The Kier molecular flexibility index (Phi) is 2.70. The monoisotopic (exact) mass is 254 g/mol. The summed E-state index contributed by atoms with van der Waals surface area (Å²) in [4.78, 5) is 0. The summed E-state index contributed by atoms with van der Waals surface area (Å²) in [6.07, 6.45) is 6.80. The Morgan fingerprint density at radius 2 is 1.00 bits per heavy atom. The van der Waals surface area contributed by atoms with E-state index >= 15 is 0 Å². The maximum absolute atomic E-state index is 6.02. The second kappa shape index (κ2) is 4.17. The van der Waals surface area contributed by atoms with Gasteiger partial charge in [-0.1, -0.05) is 12.8 Å². The molecule has 4 nitrogen and oxygen atoms in total. The van der Waals surface area contributed by atoms with E-state index in [-0.39, 0.29) is 11.6 Å². The van der Waals surface area contributed by atoms with Crippen LogP contribution in [0.1, 0.15) is 38.5 Å². The molecular weight excluding hydrogens is 232 g/mol. The van der Waals surface area contributed by atoms with Gasteiger partial charge in [0.1, 0.15) is 0 Å². The van der Waals surface area contributed by atoms with Crippen LogP contribution in [0.25, 0.3) is 0 Å². The van der Waals surface area contributed by atoms with Crippen LogP contribution in [0.15, 0.2) is 0 Å². The Hall–Kier alpha value is -0.160. The van der Waals surface area contributed by atoms with Gasteiger partial charge in [-0.2, -0.15) is 0 Å². The van der Waals surface area contributed by atoms with Crippen LogP contribution in [-0.2, 0) is 18.9 Å². The van der Waals surface area contributed by atoms with Crippen molar-refractivity contribution in [1.82, 2.24) is 0 Å². The third-order valence-electron chi connectivity index (χ3n) is 5.27. The molecular formula is C14H22O4. The van der Waals surface area contributed by atoms with Gasteiger partial charge in [0.15, 0.2) is 11.6 Å². The summed E-state index contributed by atoms with van der Waals surface area (Å²) in [5.41, 5.74) is 0. The summed E-state index contributed by atoms with van der Waals surface area (Å²) in [6.45, 7) is 2.99. The molecule has 0 amide bonds. The zero-order valence-electron chi connectivity index (χ0n) is 10.9. The number of fused-ring (bicyclic) bond motifs is 3. The second-order valence-electron chi connectivity index (χ2n) is 6.01. The van der Waals surface area contributed by atoms with Crippen LogP contribution in [0, 0.1) is 11.8 Å². The van der Waals surface area contributed by atoms with Crippen LogP contribution in [0.2, 0.25) is 0 Å². The first-order valence-corrected chi connectivity index (χ1v) is 7.41. The van der Waals surface area contributed by atoms with E-state index in [1.165, 1.54) is 25.7 Å². The number of rotatable bonds is 0. The topological polar surface area (TPSA) is 36.9 Å². The first kappa shape index (κ1) is 11.6. The predicted octanol–water partition coefficient (Wildman–Crippen LogP) is 2.07. The smallest absolute Gasteiger partial charge is 0.171 e. The zero-order chi connectivity index (χ0) is 12.1. The van der Waals surface area contributed by atoms with Gasteiger partial charge in [0, 0.05) is 24.7 Å². The van der Waals surface area contributed by atoms with Crippen molar-refractivity contribution in [3.63, 3.8) is 0 Å². The SMILES string of the molecule is C1CC[C@H]2[C@@H](C1)C1(CCC23OCCO3)OCCO1. The first-order chi connectivity index (χ1) is 8.85. The maximum atomic E-state index is 6.02. The molecule has 0 bridgehead atoms. The Labute approximate surface area is 108 Å². The van der Waals surface area contributed by atoms with Crippen molar-refractivity contribution in [3.8, 4) is 0 Å².